The van der Waals surface area contributed by atoms with Gasteiger partial charge in [-0.25, -0.2) is 13.2 Å². The number of carbonyl (C=O) groups is 1. The molecule has 1 N–H and O–H groups in total. The van der Waals surface area contributed by atoms with Gasteiger partial charge >= 0.3 is 5.97 Å². The number of aromatic carboxylic acids is 1. The zero-order valence-electron chi connectivity index (χ0n) is 13.6. The lowest BCUT2D eigenvalue weighted by atomic mass is 10.2. The lowest BCUT2D eigenvalue weighted by Gasteiger charge is -2.26. The van der Waals surface area contributed by atoms with Crippen LogP contribution in [0.5, 0.6) is 0 Å². The molecule has 0 unspecified atom stereocenters. The Hall–Kier alpha value is -1.44. The van der Waals surface area contributed by atoms with Gasteiger partial charge in [0.25, 0.3) is 0 Å². The van der Waals surface area contributed by atoms with Gasteiger partial charge < -0.3 is 10.0 Å². The van der Waals surface area contributed by atoms with Crippen molar-refractivity contribution in [2.75, 3.05) is 27.2 Å². The van der Waals surface area contributed by atoms with Gasteiger partial charge in [-0.15, -0.1) is 0 Å². The summed E-state index contributed by atoms with van der Waals surface area (Å²) in [4.78, 5) is 13.3. The molecular weight excluding hydrogens is 316 g/mol. The molecule has 0 saturated heterocycles. The quantitative estimate of drug-likeness (QED) is 0.820. The molecule has 0 aliphatic heterocycles. The van der Waals surface area contributed by atoms with Crippen molar-refractivity contribution >= 4 is 16.0 Å². The Morgan fingerprint density at radius 1 is 1.17 bits per heavy atom. The summed E-state index contributed by atoms with van der Waals surface area (Å²) >= 11 is 0. The lowest BCUT2D eigenvalue weighted by molar-refractivity contribution is 0.0692. The molecule has 0 atom stereocenters. The van der Waals surface area contributed by atoms with Crippen LogP contribution in [0.25, 0.3) is 0 Å². The van der Waals surface area contributed by atoms with Gasteiger partial charge in [0.05, 0.1) is 10.5 Å². The van der Waals surface area contributed by atoms with Gasteiger partial charge in [0.15, 0.2) is 0 Å². The number of sulfonamides is 1. The van der Waals surface area contributed by atoms with Crippen LogP contribution in [0.2, 0.25) is 0 Å². The van der Waals surface area contributed by atoms with Gasteiger partial charge in [-0.05, 0) is 32.0 Å². The summed E-state index contributed by atoms with van der Waals surface area (Å²) < 4.78 is 26.5. The van der Waals surface area contributed by atoms with E-state index in [1.165, 1.54) is 48.5 Å². The van der Waals surface area contributed by atoms with Crippen LogP contribution >= 0.6 is 0 Å². The molecule has 0 spiro atoms. The van der Waals surface area contributed by atoms with E-state index in [1.54, 1.807) is 0 Å². The third-order valence-corrected chi connectivity index (χ3v) is 6.44. The average Bonchev–Trinajstić information content (AvgIpc) is 3.06. The summed E-state index contributed by atoms with van der Waals surface area (Å²) in [6, 6.07) is 6.25. The molecule has 1 aliphatic rings. The highest BCUT2D eigenvalue weighted by Gasteiger charge is 2.27. The van der Waals surface area contributed by atoms with Gasteiger partial charge in [0.2, 0.25) is 10.0 Å². The van der Waals surface area contributed by atoms with Crippen LogP contribution in [0.4, 0.5) is 0 Å². The molecule has 2 rings (SSSR count). The molecule has 128 valence electrons. The monoisotopic (exact) mass is 340 g/mol. The molecule has 0 aromatic heterocycles. The number of likely N-dealkylation sites (N-methyl/N-ethyl adjacent to an activating group) is 2. The first-order chi connectivity index (χ1) is 10.8. The normalized spacial score (nSPS) is 16.3. The Bertz CT molecular complexity index is 654. The van der Waals surface area contributed by atoms with Crippen molar-refractivity contribution in [2.24, 2.45) is 0 Å². The fourth-order valence-electron chi connectivity index (χ4n) is 2.98. The van der Waals surface area contributed by atoms with Crippen LogP contribution < -0.4 is 0 Å². The average molecular weight is 340 g/mol. The molecule has 23 heavy (non-hydrogen) atoms. The Balaban J connectivity index is 2.08. The number of rotatable bonds is 7. The second kappa shape index (κ2) is 7.42. The second-order valence-electron chi connectivity index (χ2n) is 6.05. The topological polar surface area (TPSA) is 77.9 Å². The van der Waals surface area contributed by atoms with E-state index < -0.39 is 16.0 Å². The molecule has 1 aromatic rings. The van der Waals surface area contributed by atoms with Crippen LogP contribution in [0.15, 0.2) is 29.2 Å². The highest BCUT2D eigenvalue weighted by Crippen LogP contribution is 2.23. The molecular formula is C16H24N2O4S. The third-order valence-electron chi connectivity index (χ3n) is 4.52. The largest absolute Gasteiger partial charge is 0.478 e. The Morgan fingerprint density at radius 2 is 1.78 bits per heavy atom. The maximum Gasteiger partial charge on any atom is 0.337 e. The molecule has 0 radical (unpaired) electrons. The molecule has 0 amide bonds. The number of nitrogens with zero attached hydrogens (tertiary/aromatic N) is 2. The minimum atomic E-state index is -3.81. The van der Waals surface area contributed by atoms with Crippen LogP contribution in [-0.4, -0.2) is 61.9 Å². The van der Waals surface area contributed by atoms with Gasteiger partial charge in [-0.3, -0.25) is 0 Å². The first-order valence-corrected chi connectivity index (χ1v) is 9.27. The Morgan fingerprint density at radius 3 is 2.39 bits per heavy atom. The Kier molecular flexibility index (Phi) is 5.78. The Labute approximate surface area is 137 Å². The summed E-state index contributed by atoms with van der Waals surface area (Å²) in [7, 11) is -0.296. The molecule has 0 bridgehead atoms. The predicted octanol–water partition coefficient (Wildman–Crippen LogP) is 1.88. The SMILES string of the molecule is CN(CCN(C)S(=O)(=O)c1ccccc1C(=O)O)C1CCCC1. The van der Waals surface area contributed by atoms with Crippen LogP contribution in [0, 0.1) is 0 Å². The highest BCUT2D eigenvalue weighted by molar-refractivity contribution is 7.89. The first kappa shape index (κ1) is 17.9. The minimum Gasteiger partial charge on any atom is -0.478 e. The maximum atomic E-state index is 12.6. The minimum absolute atomic E-state index is 0.154. The molecule has 1 fully saturated rings. The van der Waals surface area contributed by atoms with Crippen molar-refractivity contribution in [3.63, 3.8) is 0 Å². The lowest BCUT2D eigenvalue weighted by Crippen LogP contribution is -2.38. The zero-order chi connectivity index (χ0) is 17.0. The van der Waals surface area contributed by atoms with E-state index in [2.05, 4.69) is 4.90 Å². The fraction of sp³-hybridized carbons (Fsp3) is 0.562. The van der Waals surface area contributed by atoms with E-state index in [0.29, 0.717) is 19.1 Å². The highest BCUT2D eigenvalue weighted by atomic mass is 32.2. The second-order valence-corrected chi connectivity index (χ2v) is 8.06. The van der Waals surface area contributed by atoms with E-state index in [4.69, 9.17) is 0 Å². The van der Waals surface area contributed by atoms with Crippen LogP contribution in [-0.2, 0) is 10.0 Å². The number of hydrogen-bond donors (Lipinski definition) is 1. The van der Waals surface area contributed by atoms with E-state index in [9.17, 15) is 18.3 Å². The molecule has 7 heteroatoms. The van der Waals surface area contributed by atoms with Crippen molar-refractivity contribution in [3.05, 3.63) is 29.8 Å². The van der Waals surface area contributed by atoms with Crippen LogP contribution in [0.3, 0.4) is 0 Å². The molecule has 0 heterocycles. The molecule has 6 nitrogen and oxygen atoms in total. The van der Waals surface area contributed by atoms with Crippen molar-refractivity contribution in [2.45, 2.75) is 36.6 Å². The van der Waals surface area contributed by atoms with E-state index >= 15 is 0 Å². The first-order valence-electron chi connectivity index (χ1n) is 7.83. The third kappa shape index (κ3) is 4.10. The zero-order valence-corrected chi connectivity index (χ0v) is 14.4. The summed E-state index contributed by atoms with van der Waals surface area (Å²) in [6.45, 7) is 0.971. The predicted molar refractivity (Wildman–Crippen MR) is 88.1 cm³/mol. The smallest absolute Gasteiger partial charge is 0.337 e. The van der Waals surface area contributed by atoms with E-state index in [-0.39, 0.29) is 10.5 Å². The van der Waals surface area contributed by atoms with Crippen molar-refractivity contribution < 1.29 is 18.3 Å². The maximum absolute atomic E-state index is 12.6. The molecule has 1 aliphatic carbocycles. The molecule has 1 aromatic carbocycles. The van der Waals surface area contributed by atoms with Crippen molar-refractivity contribution in [1.82, 2.24) is 9.21 Å². The van der Waals surface area contributed by atoms with Crippen LogP contribution in [0.1, 0.15) is 36.0 Å². The number of carboxylic acids is 1. The standard InChI is InChI=1S/C16H24N2O4S/c1-17(13-7-3-4-8-13)11-12-18(2)23(21,22)15-10-6-5-9-14(15)16(19)20/h5-6,9-10,13H,3-4,7-8,11-12H2,1-2H3,(H,19,20). The van der Waals surface area contributed by atoms with Gasteiger partial charge in [0.1, 0.15) is 0 Å². The summed E-state index contributed by atoms with van der Waals surface area (Å²) in [5.74, 6) is -1.24. The van der Waals surface area contributed by atoms with E-state index in [1.807, 2.05) is 7.05 Å². The number of carboxylic acid groups (broad SMARTS) is 1. The fourth-order valence-corrected chi connectivity index (χ4v) is 4.32. The summed E-state index contributed by atoms with van der Waals surface area (Å²) in [5.41, 5.74) is -0.191. The summed E-state index contributed by atoms with van der Waals surface area (Å²) in [6.07, 6.45) is 4.79. The van der Waals surface area contributed by atoms with E-state index in [0.717, 1.165) is 12.8 Å². The van der Waals surface area contributed by atoms with Gasteiger partial charge in [-0.2, -0.15) is 4.31 Å². The molecule has 1 saturated carbocycles. The summed E-state index contributed by atoms with van der Waals surface area (Å²) in [5, 5.41) is 9.18. The van der Waals surface area contributed by atoms with Crippen molar-refractivity contribution in [1.29, 1.82) is 0 Å². The number of hydrogen-bond acceptors (Lipinski definition) is 4. The van der Waals surface area contributed by atoms with Gasteiger partial charge in [-0.1, -0.05) is 25.0 Å². The number of benzene rings is 1. The van der Waals surface area contributed by atoms with Crippen molar-refractivity contribution in [3.8, 4) is 0 Å². The van der Waals surface area contributed by atoms with Gasteiger partial charge in [0, 0.05) is 26.2 Å².